The number of nitriles is 1. The maximum absolute atomic E-state index is 13.6. The van der Waals surface area contributed by atoms with Crippen molar-refractivity contribution in [3.63, 3.8) is 0 Å². The molecule has 0 amide bonds. The van der Waals surface area contributed by atoms with E-state index < -0.39 is 5.82 Å². The Balaban J connectivity index is 2.32. The van der Waals surface area contributed by atoms with Crippen LogP contribution in [0.4, 0.5) is 4.39 Å². The third-order valence-electron chi connectivity index (χ3n) is 2.17. The van der Waals surface area contributed by atoms with Crippen LogP contribution in [0.5, 0.6) is 11.5 Å². The minimum Gasteiger partial charge on any atom is -0.453 e. The number of halogens is 3. The van der Waals surface area contributed by atoms with E-state index in [1.54, 1.807) is 18.2 Å². The highest BCUT2D eigenvalue weighted by atomic mass is 79.9. The summed E-state index contributed by atoms with van der Waals surface area (Å²) in [6.45, 7) is 0. The summed E-state index contributed by atoms with van der Waals surface area (Å²) < 4.78 is 19.8. The molecular formula is C13H6BrClFNO. The maximum atomic E-state index is 13.6. The average molecular weight is 327 g/mol. The molecule has 0 aromatic heterocycles. The summed E-state index contributed by atoms with van der Waals surface area (Å²) in [6.07, 6.45) is 0. The van der Waals surface area contributed by atoms with Gasteiger partial charge in [-0.05, 0) is 36.4 Å². The zero-order valence-electron chi connectivity index (χ0n) is 8.95. The molecule has 0 aliphatic heterocycles. The fourth-order valence-corrected chi connectivity index (χ4v) is 2.04. The molecule has 0 aliphatic rings. The molecule has 0 saturated carbocycles. The van der Waals surface area contributed by atoms with E-state index in [2.05, 4.69) is 15.9 Å². The van der Waals surface area contributed by atoms with Crippen molar-refractivity contribution < 1.29 is 9.13 Å². The number of hydrogen-bond acceptors (Lipinski definition) is 2. The summed E-state index contributed by atoms with van der Waals surface area (Å²) in [6, 6.07) is 10.9. The number of hydrogen-bond donors (Lipinski definition) is 0. The predicted molar refractivity (Wildman–Crippen MR) is 70.3 cm³/mol. The van der Waals surface area contributed by atoms with Gasteiger partial charge in [0.05, 0.1) is 16.7 Å². The second-order valence-electron chi connectivity index (χ2n) is 3.43. The van der Waals surface area contributed by atoms with E-state index in [4.69, 9.17) is 21.6 Å². The van der Waals surface area contributed by atoms with Crippen molar-refractivity contribution in [3.05, 3.63) is 57.3 Å². The van der Waals surface area contributed by atoms with E-state index in [9.17, 15) is 4.39 Å². The summed E-state index contributed by atoms with van der Waals surface area (Å²) in [5, 5.41) is 9.00. The Morgan fingerprint density at radius 2 is 1.89 bits per heavy atom. The molecule has 0 heterocycles. The lowest BCUT2D eigenvalue weighted by Crippen LogP contribution is -1.90. The highest BCUT2D eigenvalue weighted by Crippen LogP contribution is 2.32. The van der Waals surface area contributed by atoms with Gasteiger partial charge in [0, 0.05) is 4.47 Å². The summed E-state index contributed by atoms with van der Waals surface area (Å²) in [7, 11) is 0. The van der Waals surface area contributed by atoms with Crippen molar-refractivity contribution >= 4 is 27.5 Å². The van der Waals surface area contributed by atoms with Gasteiger partial charge in [-0.3, -0.25) is 0 Å². The van der Waals surface area contributed by atoms with Crippen molar-refractivity contribution in [2.24, 2.45) is 0 Å². The Hall–Kier alpha value is -1.57. The molecule has 5 heteroatoms. The molecule has 2 aromatic carbocycles. The normalized spacial score (nSPS) is 9.89. The lowest BCUT2D eigenvalue weighted by molar-refractivity contribution is 0.442. The van der Waals surface area contributed by atoms with Crippen LogP contribution in [0.1, 0.15) is 5.56 Å². The molecule has 0 saturated heterocycles. The average Bonchev–Trinajstić information content (AvgIpc) is 2.34. The van der Waals surface area contributed by atoms with Crippen LogP contribution in [0.15, 0.2) is 40.9 Å². The van der Waals surface area contributed by atoms with Crippen LogP contribution in [0.25, 0.3) is 0 Å². The first-order chi connectivity index (χ1) is 8.60. The van der Waals surface area contributed by atoms with Gasteiger partial charge in [0.2, 0.25) is 0 Å². The number of ether oxygens (including phenoxy) is 1. The summed E-state index contributed by atoms with van der Waals surface area (Å²) in [4.78, 5) is 0. The fourth-order valence-electron chi connectivity index (χ4n) is 1.33. The predicted octanol–water partition coefficient (Wildman–Crippen LogP) is 4.91. The van der Waals surface area contributed by atoms with Gasteiger partial charge in [-0.1, -0.05) is 27.5 Å². The number of rotatable bonds is 2. The van der Waals surface area contributed by atoms with Crippen molar-refractivity contribution in [1.82, 2.24) is 0 Å². The van der Waals surface area contributed by atoms with Gasteiger partial charge in [-0.2, -0.15) is 5.26 Å². The quantitative estimate of drug-likeness (QED) is 0.786. The Kier molecular flexibility index (Phi) is 3.85. The molecule has 2 aromatic rings. The SMILES string of the molecule is N#Cc1ccc(Oc2ccc(Br)cc2Cl)c(F)c1. The molecule has 0 atom stereocenters. The third-order valence-corrected chi connectivity index (χ3v) is 2.96. The van der Waals surface area contributed by atoms with Crippen LogP contribution in [0, 0.1) is 17.1 Å². The standard InChI is InChI=1S/C13H6BrClFNO/c14-9-2-4-12(10(15)6-9)18-13-3-1-8(7-17)5-11(13)16/h1-6H. The molecule has 90 valence electrons. The van der Waals surface area contributed by atoms with Crippen LogP contribution < -0.4 is 4.74 Å². The second kappa shape index (κ2) is 5.38. The molecule has 0 radical (unpaired) electrons. The van der Waals surface area contributed by atoms with Crippen LogP contribution in [0.2, 0.25) is 5.02 Å². The Labute approximate surface area is 117 Å². The fraction of sp³-hybridized carbons (Fsp3) is 0. The third kappa shape index (κ3) is 2.81. The van der Waals surface area contributed by atoms with Crippen molar-refractivity contribution in [1.29, 1.82) is 5.26 Å². The molecule has 2 nitrogen and oxygen atoms in total. The van der Waals surface area contributed by atoms with E-state index in [0.717, 1.165) is 10.5 Å². The zero-order valence-corrected chi connectivity index (χ0v) is 11.3. The number of nitrogens with zero attached hydrogens (tertiary/aromatic N) is 1. The van der Waals surface area contributed by atoms with Gasteiger partial charge in [0.1, 0.15) is 5.75 Å². The second-order valence-corrected chi connectivity index (χ2v) is 4.76. The molecule has 2 rings (SSSR count). The van der Waals surface area contributed by atoms with E-state index in [-0.39, 0.29) is 11.3 Å². The Morgan fingerprint density at radius 1 is 1.17 bits per heavy atom. The monoisotopic (exact) mass is 325 g/mol. The van der Waals surface area contributed by atoms with E-state index >= 15 is 0 Å². The van der Waals surface area contributed by atoms with Crippen molar-refractivity contribution in [2.45, 2.75) is 0 Å². The minimum atomic E-state index is -0.604. The molecular weight excluding hydrogens is 321 g/mol. The number of benzene rings is 2. The van der Waals surface area contributed by atoms with Crippen LogP contribution in [0.3, 0.4) is 0 Å². The van der Waals surface area contributed by atoms with Gasteiger partial charge in [-0.25, -0.2) is 4.39 Å². The highest BCUT2D eigenvalue weighted by molar-refractivity contribution is 9.10. The Bertz CT molecular complexity index is 639. The first-order valence-electron chi connectivity index (χ1n) is 4.92. The van der Waals surface area contributed by atoms with Crippen LogP contribution >= 0.6 is 27.5 Å². The molecule has 0 unspecified atom stereocenters. The highest BCUT2D eigenvalue weighted by Gasteiger charge is 2.08. The zero-order chi connectivity index (χ0) is 13.1. The molecule has 0 spiro atoms. The van der Waals surface area contributed by atoms with Gasteiger partial charge >= 0.3 is 0 Å². The van der Waals surface area contributed by atoms with Crippen LogP contribution in [-0.4, -0.2) is 0 Å². The van der Waals surface area contributed by atoms with Gasteiger partial charge in [0.15, 0.2) is 11.6 Å². The van der Waals surface area contributed by atoms with E-state index in [1.807, 2.05) is 6.07 Å². The largest absolute Gasteiger partial charge is 0.453 e. The maximum Gasteiger partial charge on any atom is 0.167 e. The van der Waals surface area contributed by atoms with Gasteiger partial charge in [0.25, 0.3) is 0 Å². The van der Waals surface area contributed by atoms with Crippen LogP contribution in [-0.2, 0) is 0 Å². The van der Waals surface area contributed by atoms with Gasteiger partial charge in [-0.15, -0.1) is 0 Å². The Morgan fingerprint density at radius 3 is 2.50 bits per heavy atom. The minimum absolute atomic E-state index is 0.0261. The summed E-state index contributed by atoms with van der Waals surface area (Å²) in [5.41, 5.74) is 0.238. The molecule has 0 fully saturated rings. The molecule has 0 bridgehead atoms. The smallest absolute Gasteiger partial charge is 0.167 e. The lowest BCUT2D eigenvalue weighted by atomic mass is 10.2. The summed E-state index contributed by atoms with van der Waals surface area (Å²) in [5.74, 6) is -0.227. The summed E-state index contributed by atoms with van der Waals surface area (Å²) >= 11 is 9.23. The first kappa shape index (κ1) is 12.9. The van der Waals surface area contributed by atoms with Crippen molar-refractivity contribution in [3.8, 4) is 17.6 Å². The van der Waals surface area contributed by atoms with Gasteiger partial charge < -0.3 is 4.74 Å². The molecule has 0 N–H and O–H groups in total. The topological polar surface area (TPSA) is 33.0 Å². The molecule has 0 aliphatic carbocycles. The van der Waals surface area contributed by atoms with Crippen molar-refractivity contribution in [2.75, 3.05) is 0 Å². The lowest BCUT2D eigenvalue weighted by Gasteiger charge is -2.08. The van der Waals surface area contributed by atoms with E-state index in [1.165, 1.54) is 12.1 Å². The van der Waals surface area contributed by atoms with E-state index in [0.29, 0.717) is 10.8 Å². The first-order valence-corrected chi connectivity index (χ1v) is 6.10. The molecule has 18 heavy (non-hydrogen) atoms.